The molecule has 2 aliphatic rings. The maximum atomic E-state index is 13.0. The van der Waals surface area contributed by atoms with Crippen LogP contribution in [0, 0.1) is 0 Å². The maximum Gasteiger partial charge on any atom is 0.305 e. The lowest BCUT2D eigenvalue weighted by atomic mass is 10.1. The number of hydrogen-bond acceptors (Lipinski definition) is 7. The minimum absolute atomic E-state index is 0.120. The normalized spacial score (nSPS) is 22.2. The number of hydrogen-bond donors (Lipinski definition) is 1. The highest BCUT2D eigenvalue weighted by atomic mass is 32.2. The van der Waals surface area contributed by atoms with Gasteiger partial charge in [-0.25, -0.2) is 19.3 Å². The summed E-state index contributed by atoms with van der Waals surface area (Å²) in [5.41, 5.74) is 1.54. The molecule has 0 aliphatic carbocycles. The van der Waals surface area contributed by atoms with Crippen molar-refractivity contribution in [1.29, 1.82) is 0 Å². The molecule has 1 atom stereocenters. The Morgan fingerprint density at radius 2 is 2.00 bits per heavy atom. The van der Waals surface area contributed by atoms with Crippen molar-refractivity contribution in [1.82, 2.24) is 24.2 Å². The van der Waals surface area contributed by atoms with E-state index < -0.39 is 10.2 Å². The number of fused-ring (bicyclic) bond motifs is 1. The number of nitrogens with one attached hydrogen (secondary N) is 1. The van der Waals surface area contributed by atoms with Crippen molar-refractivity contribution in [2.45, 2.75) is 19.4 Å². The third kappa shape index (κ3) is 3.52. The molecule has 5 heterocycles. The van der Waals surface area contributed by atoms with Gasteiger partial charge in [0.1, 0.15) is 17.3 Å². The number of aromatic amines is 1. The van der Waals surface area contributed by atoms with E-state index in [9.17, 15) is 8.42 Å². The lowest BCUT2D eigenvalue weighted by molar-refractivity contribution is 0.0985. The van der Waals surface area contributed by atoms with E-state index in [0.717, 1.165) is 23.0 Å². The molecule has 2 saturated heterocycles. The van der Waals surface area contributed by atoms with Gasteiger partial charge < -0.3 is 14.6 Å². The summed E-state index contributed by atoms with van der Waals surface area (Å²) in [5, 5.41) is 0.888. The molecule has 0 amide bonds. The van der Waals surface area contributed by atoms with Gasteiger partial charge in [0.25, 0.3) is 0 Å². The van der Waals surface area contributed by atoms with Crippen LogP contribution in [0.3, 0.4) is 0 Å². The Kier molecular flexibility index (Phi) is 5.03. The highest BCUT2D eigenvalue weighted by Gasteiger charge is 2.33. The first-order valence-corrected chi connectivity index (χ1v) is 11.7. The van der Waals surface area contributed by atoms with Crippen LogP contribution in [0.25, 0.3) is 22.4 Å². The molecule has 0 radical (unpaired) electrons. The van der Waals surface area contributed by atoms with Gasteiger partial charge in [-0.15, -0.1) is 0 Å². The second kappa shape index (κ2) is 7.74. The minimum atomic E-state index is -3.63. The van der Waals surface area contributed by atoms with Crippen LogP contribution in [-0.4, -0.2) is 78.6 Å². The van der Waals surface area contributed by atoms with Gasteiger partial charge in [0.2, 0.25) is 0 Å². The summed E-state index contributed by atoms with van der Waals surface area (Å²) in [4.78, 5) is 19.2. The molecule has 5 rings (SSSR count). The number of aromatic nitrogens is 4. The summed E-state index contributed by atoms with van der Waals surface area (Å²) < 4.78 is 34.4. The van der Waals surface area contributed by atoms with Gasteiger partial charge in [-0.3, -0.25) is 0 Å². The van der Waals surface area contributed by atoms with Gasteiger partial charge >= 0.3 is 10.2 Å². The maximum absolute atomic E-state index is 13.0. The number of pyridine rings is 1. The lowest BCUT2D eigenvalue weighted by Gasteiger charge is -2.36. The summed E-state index contributed by atoms with van der Waals surface area (Å²) in [6, 6.07) is 5.68. The highest BCUT2D eigenvalue weighted by Crippen LogP contribution is 2.32. The second-order valence-electron chi connectivity index (χ2n) is 7.88. The van der Waals surface area contributed by atoms with Crippen molar-refractivity contribution in [2.24, 2.45) is 0 Å². The zero-order chi connectivity index (χ0) is 21.6. The third-order valence-electron chi connectivity index (χ3n) is 5.82. The van der Waals surface area contributed by atoms with Gasteiger partial charge in [-0.1, -0.05) is 0 Å². The average Bonchev–Trinajstić information content (AvgIpc) is 3.24. The number of morpholine rings is 1. The van der Waals surface area contributed by atoms with Crippen LogP contribution >= 0.6 is 0 Å². The van der Waals surface area contributed by atoms with Gasteiger partial charge in [0.05, 0.1) is 19.3 Å². The van der Waals surface area contributed by atoms with Crippen LogP contribution in [-0.2, 0) is 14.9 Å². The van der Waals surface area contributed by atoms with Crippen LogP contribution < -0.4 is 9.21 Å². The molecule has 164 valence electrons. The second-order valence-corrected chi connectivity index (χ2v) is 9.84. The molecular formula is C20H25N7O3S. The predicted molar refractivity (Wildman–Crippen MR) is 118 cm³/mol. The summed E-state index contributed by atoms with van der Waals surface area (Å²) in [6.45, 7) is 4.83. The standard InChI is InChI=1S/C20H25N7O3S/c1-14-13-30-11-10-26(14)17-12-18(27-9-3-8-25(2)31(27,28)29)24-20(23-17)16-5-7-22-19-15(16)4-6-21-19/h4-7,12,14H,3,8-11,13H2,1-2H3,(H,21,22)/t14-/m1/s1. The fourth-order valence-corrected chi connectivity index (χ4v) is 5.50. The van der Waals surface area contributed by atoms with Crippen LogP contribution in [0.5, 0.6) is 0 Å². The first-order valence-electron chi connectivity index (χ1n) is 10.3. The van der Waals surface area contributed by atoms with Crippen molar-refractivity contribution >= 4 is 32.9 Å². The number of nitrogens with zero attached hydrogens (tertiary/aromatic N) is 6. The van der Waals surface area contributed by atoms with Gasteiger partial charge in [-0.05, 0) is 25.5 Å². The van der Waals surface area contributed by atoms with E-state index in [2.05, 4.69) is 21.8 Å². The summed E-state index contributed by atoms with van der Waals surface area (Å²) in [6.07, 6.45) is 4.25. The molecule has 0 bridgehead atoms. The molecule has 31 heavy (non-hydrogen) atoms. The van der Waals surface area contributed by atoms with E-state index in [1.807, 2.05) is 18.3 Å². The highest BCUT2D eigenvalue weighted by molar-refractivity contribution is 7.90. The van der Waals surface area contributed by atoms with Crippen LogP contribution in [0.15, 0.2) is 30.6 Å². The molecule has 0 unspecified atom stereocenters. The molecule has 2 fully saturated rings. The van der Waals surface area contributed by atoms with Crippen LogP contribution in [0.1, 0.15) is 13.3 Å². The Morgan fingerprint density at radius 3 is 2.84 bits per heavy atom. The Hall–Kier alpha value is -2.76. The number of rotatable bonds is 3. The van der Waals surface area contributed by atoms with E-state index >= 15 is 0 Å². The zero-order valence-electron chi connectivity index (χ0n) is 17.5. The first-order chi connectivity index (χ1) is 14.9. The minimum Gasteiger partial charge on any atom is -0.377 e. The average molecular weight is 444 g/mol. The topological polar surface area (TPSA) is 108 Å². The Bertz CT molecular complexity index is 1210. The molecule has 0 saturated carbocycles. The first kappa shape index (κ1) is 20.2. The van der Waals surface area contributed by atoms with Crippen molar-refractivity contribution < 1.29 is 13.2 Å². The molecular weight excluding hydrogens is 418 g/mol. The fraction of sp³-hybridized carbons (Fsp3) is 0.450. The van der Waals surface area contributed by atoms with Crippen molar-refractivity contribution in [2.75, 3.05) is 49.1 Å². The largest absolute Gasteiger partial charge is 0.377 e. The number of anilines is 2. The van der Waals surface area contributed by atoms with E-state index in [4.69, 9.17) is 14.7 Å². The molecule has 0 spiro atoms. The van der Waals surface area contributed by atoms with Gasteiger partial charge in [-0.2, -0.15) is 12.7 Å². The van der Waals surface area contributed by atoms with E-state index in [-0.39, 0.29) is 6.04 Å². The Balaban J connectivity index is 1.68. The summed E-state index contributed by atoms with van der Waals surface area (Å²) in [5.74, 6) is 1.55. The summed E-state index contributed by atoms with van der Waals surface area (Å²) >= 11 is 0. The molecule has 2 aliphatic heterocycles. The Labute approximate surface area is 181 Å². The lowest BCUT2D eigenvalue weighted by Crippen LogP contribution is -2.48. The Morgan fingerprint density at radius 1 is 1.16 bits per heavy atom. The smallest absolute Gasteiger partial charge is 0.305 e. The molecule has 0 aromatic carbocycles. The van der Waals surface area contributed by atoms with Crippen molar-refractivity contribution in [3.63, 3.8) is 0 Å². The fourth-order valence-electron chi connectivity index (χ4n) is 4.11. The van der Waals surface area contributed by atoms with Crippen LogP contribution in [0.4, 0.5) is 11.6 Å². The SMILES string of the molecule is C[C@@H]1COCCN1c1cc(N2CCCN(C)S2(=O)=O)nc(-c2ccnc3[nH]ccc23)n1. The van der Waals surface area contributed by atoms with Crippen molar-refractivity contribution in [3.8, 4) is 11.4 Å². The molecule has 3 aromatic rings. The van der Waals surface area contributed by atoms with Crippen LogP contribution in [0.2, 0.25) is 0 Å². The molecule has 10 nitrogen and oxygen atoms in total. The number of ether oxygens (including phenoxy) is 1. The molecule has 11 heteroatoms. The monoisotopic (exact) mass is 443 g/mol. The van der Waals surface area contributed by atoms with Gasteiger partial charge in [0.15, 0.2) is 5.82 Å². The quantitative estimate of drug-likeness (QED) is 0.656. The summed E-state index contributed by atoms with van der Waals surface area (Å²) in [7, 11) is -2.03. The van der Waals surface area contributed by atoms with Gasteiger partial charge in [0, 0.05) is 56.1 Å². The van der Waals surface area contributed by atoms with E-state index in [1.54, 1.807) is 19.3 Å². The third-order valence-corrected chi connectivity index (χ3v) is 7.72. The molecule has 3 aromatic heterocycles. The predicted octanol–water partition coefficient (Wildman–Crippen LogP) is 1.63. The number of H-pyrrole nitrogens is 1. The molecule has 1 N–H and O–H groups in total. The zero-order valence-corrected chi connectivity index (χ0v) is 18.3. The van der Waals surface area contributed by atoms with E-state index in [1.165, 1.54) is 8.61 Å². The van der Waals surface area contributed by atoms with E-state index in [0.29, 0.717) is 50.3 Å². The van der Waals surface area contributed by atoms with Crippen molar-refractivity contribution in [3.05, 3.63) is 30.6 Å².